The van der Waals surface area contributed by atoms with E-state index >= 15 is 0 Å². The minimum Gasteiger partial charge on any atom is -0.369 e. The van der Waals surface area contributed by atoms with E-state index in [1.807, 2.05) is 13.8 Å². The van der Waals surface area contributed by atoms with Gasteiger partial charge < -0.3 is 5.73 Å². The van der Waals surface area contributed by atoms with Crippen LogP contribution in [-0.2, 0) is 0 Å². The molecule has 4 nitrogen and oxygen atoms in total. The van der Waals surface area contributed by atoms with Crippen molar-refractivity contribution in [1.82, 2.24) is 5.43 Å². The third kappa shape index (κ3) is 4.80. The Bertz CT molecular complexity index is 127. The molecule has 0 fully saturated rings. The van der Waals surface area contributed by atoms with Crippen molar-refractivity contribution in [3.8, 4) is 0 Å². The Morgan fingerprint density at radius 2 is 2.33 bits per heavy atom. The Morgan fingerprint density at radius 1 is 1.78 bits per heavy atom. The van der Waals surface area contributed by atoms with E-state index in [-0.39, 0.29) is 5.96 Å². The second kappa shape index (κ2) is 3.88. The van der Waals surface area contributed by atoms with Gasteiger partial charge in [0.15, 0.2) is 0 Å². The van der Waals surface area contributed by atoms with Crippen LogP contribution in [0.5, 0.6) is 0 Å². The fraction of sp³-hybridized carbons (Fsp3) is 0.600. The molecule has 9 heavy (non-hydrogen) atoms. The number of guanidine groups is 1. The third-order valence-corrected chi connectivity index (χ3v) is 0.879. The lowest BCUT2D eigenvalue weighted by atomic mass is 10.3. The molecule has 0 aromatic carbocycles. The molecule has 0 spiro atoms. The number of hydrogen-bond acceptors (Lipinski definition) is 2. The van der Waals surface area contributed by atoms with Gasteiger partial charge in [-0.3, -0.25) is 5.41 Å². The van der Waals surface area contributed by atoms with Crippen LogP contribution in [0.25, 0.3) is 0 Å². The standard InChI is InChI=1S/C5H12N4/c1-3-4(2)8-9-5(6)7/h3H2,1-2H3,(H4,6,7,9)/b8-4+. The normalized spacial score (nSPS) is 11.1. The second-order valence-electron chi connectivity index (χ2n) is 1.73. The van der Waals surface area contributed by atoms with Gasteiger partial charge in [-0.15, -0.1) is 0 Å². The largest absolute Gasteiger partial charge is 0.369 e. The molecule has 0 radical (unpaired) electrons. The van der Waals surface area contributed by atoms with Crippen molar-refractivity contribution >= 4 is 11.7 Å². The number of nitrogens with two attached hydrogens (primary N) is 1. The zero-order valence-electron chi connectivity index (χ0n) is 5.73. The van der Waals surface area contributed by atoms with Crippen LogP contribution in [0.15, 0.2) is 5.10 Å². The maximum absolute atomic E-state index is 6.72. The summed E-state index contributed by atoms with van der Waals surface area (Å²) < 4.78 is 0. The smallest absolute Gasteiger partial charge is 0.206 e. The highest BCUT2D eigenvalue weighted by Crippen LogP contribution is 1.79. The van der Waals surface area contributed by atoms with Gasteiger partial charge in [-0.05, 0) is 13.3 Å². The lowest BCUT2D eigenvalue weighted by Crippen LogP contribution is -2.26. The highest BCUT2D eigenvalue weighted by molar-refractivity contribution is 5.83. The first-order valence-corrected chi connectivity index (χ1v) is 2.80. The van der Waals surface area contributed by atoms with E-state index in [2.05, 4.69) is 10.5 Å². The Morgan fingerprint density at radius 3 is 2.67 bits per heavy atom. The average molecular weight is 128 g/mol. The molecule has 4 heteroatoms. The van der Waals surface area contributed by atoms with Crippen LogP contribution in [0.4, 0.5) is 0 Å². The predicted octanol–water partition coefficient (Wildman–Crippen LogP) is 0.255. The predicted molar refractivity (Wildman–Crippen MR) is 38.4 cm³/mol. The Labute approximate surface area is 54.6 Å². The van der Waals surface area contributed by atoms with Gasteiger partial charge in [0.25, 0.3) is 0 Å². The van der Waals surface area contributed by atoms with Crippen molar-refractivity contribution in [2.75, 3.05) is 0 Å². The molecule has 0 rings (SSSR count). The first kappa shape index (κ1) is 7.94. The molecule has 0 heterocycles. The Balaban J connectivity index is 3.56. The van der Waals surface area contributed by atoms with E-state index in [4.69, 9.17) is 11.1 Å². The summed E-state index contributed by atoms with van der Waals surface area (Å²) in [5.41, 5.74) is 8.24. The SMILES string of the molecule is CC/C(C)=N/NC(=N)N. The molecule has 4 N–H and O–H groups in total. The molecular formula is C5H12N4. The summed E-state index contributed by atoms with van der Waals surface area (Å²) in [6.07, 6.45) is 0.875. The van der Waals surface area contributed by atoms with Crippen LogP contribution in [-0.4, -0.2) is 11.7 Å². The van der Waals surface area contributed by atoms with Crippen molar-refractivity contribution in [2.24, 2.45) is 10.8 Å². The monoisotopic (exact) mass is 128 g/mol. The summed E-state index contributed by atoms with van der Waals surface area (Å²) in [6, 6.07) is 0. The van der Waals surface area contributed by atoms with Crippen LogP contribution in [0, 0.1) is 5.41 Å². The van der Waals surface area contributed by atoms with Gasteiger partial charge in [0.2, 0.25) is 5.96 Å². The van der Waals surface area contributed by atoms with E-state index in [1.165, 1.54) is 0 Å². The second-order valence-corrected chi connectivity index (χ2v) is 1.73. The van der Waals surface area contributed by atoms with Gasteiger partial charge in [0.05, 0.1) is 0 Å². The fourth-order valence-electron chi connectivity index (χ4n) is 0.235. The molecule has 0 saturated carbocycles. The summed E-state index contributed by atoms with van der Waals surface area (Å²) in [7, 11) is 0. The van der Waals surface area contributed by atoms with Crippen molar-refractivity contribution in [1.29, 1.82) is 5.41 Å². The molecule has 0 aliphatic rings. The van der Waals surface area contributed by atoms with E-state index in [0.717, 1.165) is 12.1 Å². The van der Waals surface area contributed by atoms with E-state index in [0.29, 0.717) is 0 Å². The van der Waals surface area contributed by atoms with Crippen LogP contribution >= 0.6 is 0 Å². The van der Waals surface area contributed by atoms with Crippen LogP contribution in [0.2, 0.25) is 0 Å². The van der Waals surface area contributed by atoms with Gasteiger partial charge in [-0.25, -0.2) is 5.43 Å². The molecular weight excluding hydrogens is 116 g/mol. The number of rotatable bonds is 2. The van der Waals surface area contributed by atoms with E-state index < -0.39 is 0 Å². The molecule has 0 amide bonds. The Hall–Kier alpha value is -1.06. The topological polar surface area (TPSA) is 74.3 Å². The number of nitrogens with one attached hydrogen (secondary N) is 2. The maximum Gasteiger partial charge on any atom is 0.206 e. The first-order valence-electron chi connectivity index (χ1n) is 2.80. The lowest BCUT2D eigenvalue weighted by Gasteiger charge is -1.95. The molecule has 0 aromatic rings. The molecule has 0 atom stereocenters. The van der Waals surface area contributed by atoms with E-state index in [1.54, 1.807) is 0 Å². The average Bonchev–Trinajstić information content (AvgIpc) is 1.83. The number of hydrogen-bond donors (Lipinski definition) is 3. The summed E-state index contributed by atoms with van der Waals surface area (Å²) >= 11 is 0. The minimum absolute atomic E-state index is 0.122. The zero-order chi connectivity index (χ0) is 7.28. The molecule has 52 valence electrons. The van der Waals surface area contributed by atoms with Gasteiger partial charge in [0, 0.05) is 5.71 Å². The highest BCUT2D eigenvalue weighted by atomic mass is 15.3. The van der Waals surface area contributed by atoms with Crippen LogP contribution in [0.1, 0.15) is 20.3 Å². The lowest BCUT2D eigenvalue weighted by molar-refractivity contribution is 0.977. The molecule has 0 saturated heterocycles. The quantitative estimate of drug-likeness (QED) is 0.283. The fourth-order valence-corrected chi connectivity index (χ4v) is 0.235. The van der Waals surface area contributed by atoms with Gasteiger partial charge in [-0.2, -0.15) is 5.10 Å². The molecule has 0 aromatic heterocycles. The van der Waals surface area contributed by atoms with Crippen molar-refractivity contribution in [3.05, 3.63) is 0 Å². The molecule has 0 unspecified atom stereocenters. The van der Waals surface area contributed by atoms with Crippen molar-refractivity contribution < 1.29 is 0 Å². The van der Waals surface area contributed by atoms with Gasteiger partial charge in [-0.1, -0.05) is 6.92 Å². The number of nitrogens with zero attached hydrogens (tertiary/aromatic N) is 1. The minimum atomic E-state index is -0.122. The van der Waals surface area contributed by atoms with Crippen LogP contribution < -0.4 is 11.2 Å². The van der Waals surface area contributed by atoms with E-state index in [9.17, 15) is 0 Å². The van der Waals surface area contributed by atoms with Crippen molar-refractivity contribution in [3.63, 3.8) is 0 Å². The maximum atomic E-state index is 6.72. The highest BCUT2D eigenvalue weighted by Gasteiger charge is 1.83. The van der Waals surface area contributed by atoms with Gasteiger partial charge in [0.1, 0.15) is 0 Å². The Kier molecular flexibility index (Phi) is 3.43. The first-order chi connectivity index (χ1) is 4.16. The molecule has 0 aliphatic carbocycles. The zero-order valence-corrected chi connectivity index (χ0v) is 5.73. The summed E-state index contributed by atoms with van der Waals surface area (Å²) in [5.74, 6) is -0.122. The van der Waals surface area contributed by atoms with Crippen LogP contribution in [0.3, 0.4) is 0 Å². The number of hydrazone groups is 1. The molecule has 0 aliphatic heterocycles. The van der Waals surface area contributed by atoms with Gasteiger partial charge >= 0.3 is 0 Å². The molecule has 0 bridgehead atoms. The summed E-state index contributed by atoms with van der Waals surface area (Å²) in [6.45, 7) is 3.86. The van der Waals surface area contributed by atoms with Crippen molar-refractivity contribution in [2.45, 2.75) is 20.3 Å². The third-order valence-electron chi connectivity index (χ3n) is 0.879. The summed E-state index contributed by atoms with van der Waals surface area (Å²) in [4.78, 5) is 0. The summed E-state index contributed by atoms with van der Waals surface area (Å²) in [5, 5.41) is 10.5.